The van der Waals surface area contributed by atoms with Crippen LogP contribution in [0.4, 0.5) is 0 Å². The molecule has 0 aromatic heterocycles. The lowest BCUT2D eigenvalue weighted by Gasteiger charge is -2.12. The van der Waals surface area contributed by atoms with Gasteiger partial charge in [0.05, 0.1) is 17.6 Å². The minimum atomic E-state index is -3.48. The van der Waals surface area contributed by atoms with Gasteiger partial charge in [0.15, 0.2) is 0 Å². The first kappa shape index (κ1) is 15.3. The van der Waals surface area contributed by atoms with E-state index in [9.17, 15) is 13.5 Å². The molecule has 2 atom stereocenters. The number of aliphatic hydroxyl groups is 1. The standard InChI is InChI=1S/C14H21NO4S/c1-2-19-13-5-7-14(8-6-13)20(17,18)15-10-11-3-4-12(16)9-11/h5-8,11-12,15-16H,2-4,9-10H2,1H3. The van der Waals surface area contributed by atoms with E-state index in [-0.39, 0.29) is 16.9 Å². The van der Waals surface area contributed by atoms with Crippen LogP contribution >= 0.6 is 0 Å². The molecule has 6 heteroatoms. The first-order valence-electron chi connectivity index (χ1n) is 6.92. The highest BCUT2D eigenvalue weighted by atomic mass is 32.2. The molecule has 1 aromatic carbocycles. The van der Waals surface area contributed by atoms with Gasteiger partial charge >= 0.3 is 0 Å². The van der Waals surface area contributed by atoms with E-state index in [0.717, 1.165) is 12.8 Å². The molecule has 1 fully saturated rings. The van der Waals surface area contributed by atoms with Crippen molar-refractivity contribution in [1.82, 2.24) is 4.72 Å². The molecular weight excluding hydrogens is 278 g/mol. The molecule has 1 aromatic rings. The van der Waals surface area contributed by atoms with Gasteiger partial charge in [-0.2, -0.15) is 0 Å². The third kappa shape index (κ3) is 3.94. The minimum absolute atomic E-state index is 0.225. The Labute approximate surface area is 120 Å². The number of benzene rings is 1. The topological polar surface area (TPSA) is 75.6 Å². The normalized spacial score (nSPS) is 22.9. The van der Waals surface area contributed by atoms with E-state index < -0.39 is 10.0 Å². The Morgan fingerprint density at radius 1 is 1.30 bits per heavy atom. The molecule has 2 N–H and O–H groups in total. The Balaban J connectivity index is 1.95. The van der Waals surface area contributed by atoms with Crippen molar-refractivity contribution in [3.63, 3.8) is 0 Å². The maximum atomic E-state index is 12.1. The summed E-state index contributed by atoms with van der Waals surface area (Å²) in [5, 5.41) is 9.44. The minimum Gasteiger partial charge on any atom is -0.494 e. The maximum Gasteiger partial charge on any atom is 0.240 e. The summed E-state index contributed by atoms with van der Waals surface area (Å²) in [4.78, 5) is 0.236. The third-order valence-electron chi connectivity index (χ3n) is 3.52. The molecule has 0 bridgehead atoms. The molecule has 0 amide bonds. The molecule has 2 unspecified atom stereocenters. The average molecular weight is 299 g/mol. The molecule has 0 radical (unpaired) electrons. The zero-order valence-electron chi connectivity index (χ0n) is 11.6. The SMILES string of the molecule is CCOc1ccc(S(=O)(=O)NCC2CCC(O)C2)cc1. The van der Waals surface area contributed by atoms with Crippen molar-refractivity contribution in [2.45, 2.75) is 37.2 Å². The molecule has 1 aliphatic carbocycles. The third-order valence-corrected chi connectivity index (χ3v) is 4.96. The van der Waals surface area contributed by atoms with E-state index in [1.165, 1.54) is 12.1 Å². The lowest BCUT2D eigenvalue weighted by Crippen LogP contribution is -2.28. The second kappa shape index (κ2) is 6.56. The number of rotatable bonds is 6. The Kier molecular flexibility index (Phi) is 5.01. The van der Waals surface area contributed by atoms with Crippen LogP contribution in [0.5, 0.6) is 5.75 Å². The highest BCUT2D eigenvalue weighted by Crippen LogP contribution is 2.25. The number of sulfonamides is 1. The van der Waals surface area contributed by atoms with Gasteiger partial charge in [-0.05, 0) is 56.4 Å². The van der Waals surface area contributed by atoms with Crippen molar-refractivity contribution < 1.29 is 18.3 Å². The molecule has 0 saturated heterocycles. The average Bonchev–Trinajstić information content (AvgIpc) is 2.84. The molecule has 1 saturated carbocycles. The Hall–Kier alpha value is -1.11. The van der Waals surface area contributed by atoms with E-state index in [1.54, 1.807) is 12.1 Å². The number of hydrogen-bond acceptors (Lipinski definition) is 4. The van der Waals surface area contributed by atoms with Crippen molar-refractivity contribution in [1.29, 1.82) is 0 Å². The van der Waals surface area contributed by atoms with Gasteiger partial charge in [-0.3, -0.25) is 0 Å². The molecule has 5 nitrogen and oxygen atoms in total. The predicted molar refractivity (Wildman–Crippen MR) is 76.1 cm³/mol. The van der Waals surface area contributed by atoms with Crippen LogP contribution < -0.4 is 9.46 Å². The van der Waals surface area contributed by atoms with Crippen molar-refractivity contribution in [2.75, 3.05) is 13.2 Å². The highest BCUT2D eigenvalue weighted by Gasteiger charge is 2.24. The Morgan fingerprint density at radius 2 is 2.00 bits per heavy atom. The van der Waals surface area contributed by atoms with Crippen LogP contribution in [0.3, 0.4) is 0 Å². The lowest BCUT2D eigenvalue weighted by atomic mass is 10.1. The molecule has 0 heterocycles. The first-order chi connectivity index (χ1) is 9.51. The molecular formula is C14H21NO4S. The fourth-order valence-electron chi connectivity index (χ4n) is 2.43. The summed E-state index contributed by atoms with van der Waals surface area (Å²) in [5.41, 5.74) is 0. The number of aliphatic hydroxyl groups excluding tert-OH is 1. The van der Waals surface area contributed by atoms with Gasteiger partial charge in [0.25, 0.3) is 0 Å². The summed E-state index contributed by atoms with van der Waals surface area (Å²) in [7, 11) is -3.48. The molecule has 0 aliphatic heterocycles. The van der Waals surface area contributed by atoms with Crippen LogP contribution in [-0.4, -0.2) is 32.8 Å². The van der Waals surface area contributed by atoms with Gasteiger partial charge in [-0.25, -0.2) is 13.1 Å². The van der Waals surface area contributed by atoms with Crippen LogP contribution in [0, 0.1) is 5.92 Å². The Morgan fingerprint density at radius 3 is 2.55 bits per heavy atom. The van der Waals surface area contributed by atoms with E-state index >= 15 is 0 Å². The highest BCUT2D eigenvalue weighted by molar-refractivity contribution is 7.89. The van der Waals surface area contributed by atoms with Gasteiger partial charge in [0, 0.05) is 6.54 Å². The number of ether oxygens (including phenoxy) is 1. The van der Waals surface area contributed by atoms with Gasteiger partial charge in [-0.15, -0.1) is 0 Å². The van der Waals surface area contributed by atoms with Crippen molar-refractivity contribution in [2.24, 2.45) is 5.92 Å². The van der Waals surface area contributed by atoms with Gasteiger partial charge in [-0.1, -0.05) is 0 Å². The zero-order chi connectivity index (χ0) is 14.6. The maximum absolute atomic E-state index is 12.1. The van der Waals surface area contributed by atoms with Crippen molar-refractivity contribution in [3.05, 3.63) is 24.3 Å². The van der Waals surface area contributed by atoms with Crippen molar-refractivity contribution >= 4 is 10.0 Å². The molecule has 1 aliphatic rings. The number of nitrogens with one attached hydrogen (secondary N) is 1. The van der Waals surface area contributed by atoms with Gasteiger partial charge < -0.3 is 9.84 Å². The summed E-state index contributed by atoms with van der Waals surface area (Å²) in [5.74, 6) is 0.882. The summed E-state index contributed by atoms with van der Waals surface area (Å²) in [6, 6.07) is 6.38. The van der Waals surface area contributed by atoms with Crippen LogP contribution in [0.25, 0.3) is 0 Å². The van der Waals surface area contributed by atoms with Crippen molar-refractivity contribution in [3.8, 4) is 5.75 Å². The van der Waals surface area contributed by atoms with E-state index in [2.05, 4.69) is 4.72 Å². The number of hydrogen-bond donors (Lipinski definition) is 2. The van der Waals surface area contributed by atoms with Gasteiger partial charge in [0.2, 0.25) is 10.0 Å². The fraction of sp³-hybridized carbons (Fsp3) is 0.571. The van der Waals surface area contributed by atoms with Gasteiger partial charge in [0.1, 0.15) is 5.75 Å². The quantitative estimate of drug-likeness (QED) is 0.835. The summed E-state index contributed by atoms with van der Waals surface area (Å²) < 4.78 is 32.1. The van der Waals surface area contributed by atoms with Crippen LogP contribution in [0.2, 0.25) is 0 Å². The lowest BCUT2D eigenvalue weighted by molar-refractivity contribution is 0.178. The summed E-state index contributed by atoms with van der Waals surface area (Å²) in [6.07, 6.45) is 2.02. The molecule has 2 rings (SSSR count). The predicted octanol–water partition coefficient (Wildman–Crippen LogP) is 1.52. The fourth-order valence-corrected chi connectivity index (χ4v) is 3.54. The summed E-state index contributed by atoms with van der Waals surface area (Å²) >= 11 is 0. The molecule has 20 heavy (non-hydrogen) atoms. The zero-order valence-corrected chi connectivity index (χ0v) is 12.4. The second-order valence-corrected chi connectivity index (χ2v) is 6.86. The largest absolute Gasteiger partial charge is 0.494 e. The van der Waals surface area contributed by atoms with Crippen LogP contribution in [0.15, 0.2) is 29.2 Å². The Bertz CT molecular complexity index is 527. The second-order valence-electron chi connectivity index (χ2n) is 5.09. The smallest absolute Gasteiger partial charge is 0.240 e. The van der Waals surface area contributed by atoms with Crippen LogP contribution in [0.1, 0.15) is 26.2 Å². The summed E-state index contributed by atoms with van der Waals surface area (Å²) in [6.45, 7) is 2.81. The first-order valence-corrected chi connectivity index (χ1v) is 8.40. The van der Waals surface area contributed by atoms with E-state index in [1.807, 2.05) is 6.92 Å². The van der Waals surface area contributed by atoms with E-state index in [0.29, 0.717) is 25.3 Å². The molecule has 112 valence electrons. The van der Waals surface area contributed by atoms with Crippen LogP contribution in [-0.2, 0) is 10.0 Å². The monoisotopic (exact) mass is 299 g/mol. The molecule has 0 spiro atoms. The van der Waals surface area contributed by atoms with E-state index in [4.69, 9.17) is 4.74 Å².